The van der Waals surface area contributed by atoms with Crippen molar-refractivity contribution in [2.75, 3.05) is 38.5 Å². The number of hydrogen-bond donors (Lipinski definition) is 1. The molecule has 6 rings (SSSR count). The summed E-state index contributed by atoms with van der Waals surface area (Å²) in [5, 5.41) is 4.53. The lowest BCUT2D eigenvalue weighted by Gasteiger charge is -2.32. The van der Waals surface area contributed by atoms with Gasteiger partial charge >= 0.3 is 0 Å². The van der Waals surface area contributed by atoms with E-state index in [4.69, 9.17) is 16.6 Å². The van der Waals surface area contributed by atoms with Crippen LogP contribution < -0.4 is 5.32 Å². The Morgan fingerprint density at radius 3 is 2.62 bits per heavy atom. The van der Waals surface area contributed by atoms with Gasteiger partial charge in [-0.25, -0.2) is 0 Å². The summed E-state index contributed by atoms with van der Waals surface area (Å²) in [7, 11) is 2.08. The first-order valence-electron chi connectivity index (χ1n) is 13.0. The van der Waals surface area contributed by atoms with Gasteiger partial charge in [-0.3, -0.25) is 19.6 Å². The van der Waals surface area contributed by atoms with Crippen LogP contribution >= 0.6 is 11.6 Å². The zero-order chi connectivity index (χ0) is 26.9. The molecule has 196 valence electrons. The van der Waals surface area contributed by atoms with Gasteiger partial charge in [-0.2, -0.15) is 0 Å². The zero-order valence-electron chi connectivity index (χ0n) is 21.6. The molecule has 4 aromatic rings. The molecule has 1 N–H and O–H groups in total. The number of piperazine rings is 1. The van der Waals surface area contributed by atoms with Crippen LogP contribution in [0.2, 0.25) is 5.02 Å². The van der Waals surface area contributed by atoms with E-state index in [1.54, 1.807) is 18.3 Å². The number of anilines is 1. The first kappa shape index (κ1) is 25.2. The molecule has 0 spiro atoms. The summed E-state index contributed by atoms with van der Waals surface area (Å²) in [6.45, 7) is 3.32. The number of likely N-dealkylation sites (N-methyl/N-ethyl adjacent to an activating group) is 1. The minimum Gasteiger partial charge on any atom is -0.340 e. The van der Waals surface area contributed by atoms with Crippen molar-refractivity contribution in [3.63, 3.8) is 0 Å². The van der Waals surface area contributed by atoms with E-state index in [0.717, 1.165) is 53.8 Å². The molecule has 7 nitrogen and oxygen atoms in total. The second-order valence-electron chi connectivity index (χ2n) is 10.1. The van der Waals surface area contributed by atoms with E-state index in [2.05, 4.69) is 22.2 Å². The number of hydrogen-bond acceptors (Lipinski definition) is 5. The Balaban J connectivity index is 1.33. The quantitative estimate of drug-likeness (QED) is 0.361. The number of aromatic nitrogens is 1. The first-order valence-corrected chi connectivity index (χ1v) is 13.4. The van der Waals surface area contributed by atoms with Gasteiger partial charge in [-0.05, 0) is 60.1 Å². The molecule has 0 radical (unpaired) electrons. The number of carbonyl (C=O) groups excluding carboxylic acids is 2. The SMILES string of the molecule is CN1CCN(C(=O)Cc2ccc(N=C(c3ccc4cccnc4c3)C3C(=O)Nc4cc(Cl)ccc43)cc2)CC1. The van der Waals surface area contributed by atoms with E-state index in [9.17, 15) is 9.59 Å². The number of aliphatic imine (C=N–C) groups is 1. The van der Waals surface area contributed by atoms with E-state index in [0.29, 0.717) is 28.5 Å². The molecule has 2 aliphatic rings. The Kier molecular flexibility index (Phi) is 6.85. The summed E-state index contributed by atoms with van der Waals surface area (Å²) in [5.41, 5.74) is 5.45. The average molecular weight is 538 g/mol. The highest BCUT2D eigenvalue weighted by atomic mass is 35.5. The van der Waals surface area contributed by atoms with Crippen LogP contribution in [0.25, 0.3) is 10.9 Å². The number of amides is 2. The average Bonchev–Trinajstić information content (AvgIpc) is 3.27. The Bertz CT molecular complexity index is 1590. The van der Waals surface area contributed by atoms with E-state index >= 15 is 0 Å². The van der Waals surface area contributed by atoms with Crippen molar-refractivity contribution in [2.45, 2.75) is 12.3 Å². The van der Waals surface area contributed by atoms with Crippen molar-refractivity contribution in [3.05, 3.63) is 101 Å². The molecule has 0 saturated carbocycles. The Morgan fingerprint density at radius 2 is 1.82 bits per heavy atom. The van der Waals surface area contributed by atoms with E-state index in [-0.39, 0.29) is 11.8 Å². The van der Waals surface area contributed by atoms with Gasteiger partial charge in [-0.1, -0.05) is 48.0 Å². The van der Waals surface area contributed by atoms with Gasteiger partial charge in [-0.15, -0.1) is 0 Å². The van der Waals surface area contributed by atoms with Crippen molar-refractivity contribution >= 4 is 51.4 Å². The smallest absolute Gasteiger partial charge is 0.238 e. The fourth-order valence-corrected chi connectivity index (χ4v) is 5.37. The molecule has 39 heavy (non-hydrogen) atoms. The number of nitrogens with zero attached hydrogens (tertiary/aromatic N) is 4. The summed E-state index contributed by atoms with van der Waals surface area (Å²) >= 11 is 6.20. The topological polar surface area (TPSA) is 77.9 Å². The molecule has 8 heteroatoms. The Labute approximate surface area is 232 Å². The van der Waals surface area contributed by atoms with E-state index in [1.807, 2.05) is 65.6 Å². The molecule has 0 bridgehead atoms. The van der Waals surface area contributed by atoms with E-state index in [1.165, 1.54) is 0 Å². The molecule has 1 unspecified atom stereocenters. The highest BCUT2D eigenvalue weighted by molar-refractivity contribution is 6.31. The van der Waals surface area contributed by atoms with Gasteiger partial charge in [0.1, 0.15) is 5.92 Å². The first-order chi connectivity index (χ1) is 18.9. The van der Waals surface area contributed by atoms with Gasteiger partial charge < -0.3 is 15.1 Å². The molecule has 0 aliphatic carbocycles. The van der Waals surface area contributed by atoms with Crippen molar-refractivity contribution in [3.8, 4) is 0 Å². The van der Waals surface area contributed by atoms with Crippen LogP contribution in [-0.4, -0.2) is 65.5 Å². The zero-order valence-corrected chi connectivity index (χ0v) is 22.4. The van der Waals surface area contributed by atoms with Crippen LogP contribution in [0.4, 0.5) is 11.4 Å². The molecule has 1 aromatic heterocycles. The second kappa shape index (κ2) is 10.6. The lowest BCUT2D eigenvalue weighted by Crippen LogP contribution is -2.47. The van der Waals surface area contributed by atoms with E-state index < -0.39 is 5.92 Å². The molecular weight excluding hydrogens is 510 g/mol. The highest BCUT2D eigenvalue weighted by Gasteiger charge is 2.35. The standard InChI is InChI=1S/C31H28ClN5O2/c1-36-13-15-37(16-14-36)28(38)17-20-4-9-24(10-5-20)34-30(22-7-6-21-3-2-12-33-26(21)18-22)29-25-11-8-23(32)19-27(25)35-31(29)39/h2-12,18-19,29H,13-17H2,1H3,(H,35,39). The lowest BCUT2D eigenvalue weighted by molar-refractivity contribution is -0.132. The predicted molar refractivity (Wildman–Crippen MR) is 155 cm³/mol. The number of pyridine rings is 1. The molecule has 2 amide bonds. The summed E-state index contributed by atoms with van der Waals surface area (Å²) in [6.07, 6.45) is 2.11. The summed E-state index contributed by atoms with van der Waals surface area (Å²) < 4.78 is 0. The van der Waals surface area contributed by atoms with Gasteiger partial charge in [0.25, 0.3) is 0 Å². The predicted octanol–water partition coefficient (Wildman–Crippen LogP) is 5.06. The summed E-state index contributed by atoms with van der Waals surface area (Å²) in [4.78, 5) is 39.7. The largest absolute Gasteiger partial charge is 0.340 e. The Hall–Kier alpha value is -4.07. The van der Waals surface area contributed by atoms with Gasteiger partial charge in [0.05, 0.1) is 23.3 Å². The molecule has 1 atom stereocenters. The molecule has 3 aromatic carbocycles. The lowest BCUT2D eigenvalue weighted by atomic mass is 9.90. The van der Waals surface area contributed by atoms with Crippen LogP contribution in [0, 0.1) is 0 Å². The molecule has 2 aliphatic heterocycles. The number of nitrogens with one attached hydrogen (secondary N) is 1. The van der Waals surface area contributed by atoms with Gasteiger partial charge in [0.2, 0.25) is 11.8 Å². The minimum absolute atomic E-state index is 0.140. The van der Waals surface area contributed by atoms with Gasteiger partial charge in [0.15, 0.2) is 0 Å². The third-order valence-electron chi connectivity index (χ3n) is 7.42. The summed E-state index contributed by atoms with van der Waals surface area (Å²) in [5.74, 6) is -0.611. The van der Waals surface area contributed by atoms with Crippen LogP contribution in [0.1, 0.15) is 22.6 Å². The molecular formula is C31H28ClN5O2. The monoisotopic (exact) mass is 537 g/mol. The molecule has 3 heterocycles. The van der Waals surface area contributed by atoms with Gasteiger partial charge in [0, 0.05) is 48.5 Å². The minimum atomic E-state index is -0.600. The van der Waals surface area contributed by atoms with Crippen LogP contribution in [0.15, 0.2) is 84.0 Å². The maximum atomic E-state index is 13.3. The van der Waals surface area contributed by atoms with Crippen LogP contribution in [0.5, 0.6) is 0 Å². The van der Waals surface area contributed by atoms with Crippen molar-refractivity contribution in [1.29, 1.82) is 0 Å². The normalized spacial score (nSPS) is 17.8. The van der Waals surface area contributed by atoms with Crippen LogP contribution in [-0.2, 0) is 16.0 Å². The summed E-state index contributed by atoms with van der Waals surface area (Å²) in [6, 6.07) is 23.0. The molecule has 1 fully saturated rings. The van der Waals surface area contributed by atoms with Crippen molar-refractivity contribution in [2.24, 2.45) is 4.99 Å². The fourth-order valence-electron chi connectivity index (χ4n) is 5.20. The second-order valence-corrected chi connectivity index (χ2v) is 10.5. The third-order valence-corrected chi connectivity index (χ3v) is 7.65. The van der Waals surface area contributed by atoms with Crippen LogP contribution in [0.3, 0.4) is 0 Å². The third kappa shape index (κ3) is 5.28. The molecule has 1 saturated heterocycles. The highest BCUT2D eigenvalue weighted by Crippen LogP contribution is 2.38. The van der Waals surface area contributed by atoms with Crippen molar-refractivity contribution in [1.82, 2.24) is 14.8 Å². The maximum absolute atomic E-state index is 13.3. The maximum Gasteiger partial charge on any atom is 0.238 e. The fraction of sp³-hybridized carbons (Fsp3) is 0.226. The van der Waals surface area contributed by atoms with Crippen molar-refractivity contribution < 1.29 is 9.59 Å². The number of carbonyl (C=O) groups is 2. The Morgan fingerprint density at radius 1 is 1.03 bits per heavy atom. The number of benzene rings is 3. The number of halogens is 1. The number of rotatable bonds is 5. The number of fused-ring (bicyclic) bond motifs is 2.